The lowest BCUT2D eigenvalue weighted by Gasteiger charge is -2.27. The molecule has 2 rings (SSSR count). The fraction of sp³-hybridized carbons (Fsp3) is 0.846. The average molecular weight is 238 g/mol. The second-order valence-corrected chi connectivity index (χ2v) is 5.10. The van der Waals surface area contributed by atoms with Crippen LogP contribution < -0.4 is 5.32 Å². The molecule has 1 saturated carbocycles. The van der Waals surface area contributed by atoms with E-state index < -0.39 is 0 Å². The lowest BCUT2D eigenvalue weighted by atomic mass is 9.95. The van der Waals surface area contributed by atoms with Gasteiger partial charge in [-0.1, -0.05) is 0 Å². The van der Waals surface area contributed by atoms with E-state index in [1.165, 1.54) is 0 Å². The van der Waals surface area contributed by atoms with Crippen LogP contribution in [0.4, 0.5) is 0 Å². The van der Waals surface area contributed by atoms with E-state index in [4.69, 9.17) is 0 Å². The molecule has 1 N–H and O–H groups in total. The first-order valence-electron chi connectivity index (χ1n) is 6.76. The summed E-state index contributed by atoms with van der Waals surface area (Å²) in [6.07, 6.45) is 5.00. The Balaban J connectivity index is 1.92. The van der Waals surface area contributed by atoms with Crippen molar-refractivity contribution in [3.8, 4) is 0 Å². The highest BCUT2D eigenvalue weighted by Crippen LogP contribution is 2.32. The van der Waals surface area contributed by atoms with Crippen LogP contribution in [0.25, 0.3) is 0 Å². The summed E-state index contributed by atoms with van der Waals surface area (Å²) in [4.78, 5) is 25.6. The number of amides is 1. The molecule has 0 bridgehead atoms. The molecule has 2 atom stereocenters. The molecule has 2 unspecified atom stereocenters. The highest BCUT2D eigenvalue weighted by Gasteiger charge is 2.38. The summed E-state index contributed by atoms with van der Waals surface area (Å²) in [7, 11) is 0. The van der Waals surface area contributed by atoms with Crippen molar-refractivity contribution in [2.45, 2.75) is 45.1 Å². The first-order chi connectivity index (χ1) is 8.22. The third kappa shape index (κ3) is 2.86. The maximum atomic E-state index is 11.8. The number of carbonyl (C=O) groups excluding carboxylic acids is 2. The number of hydrogen-bond donors (Lipinski definition) is 1. The number of ketones is 1. The second kappa shape index (κ2) is 5.63. The van der Waals surface area contributed by atoms with E-state index in [2.05, 4.69) is 10.2 Å². The molecule has 4 heteroatoms. The van der Waals surface area contributed by atoms with E-state index in [1.54, 1.807) is 0 Å². The van der Waals surface area contributed by atoms with Crippen molar-refractivity contribution in [1.29, 1.82) is 0 Å². The summed E-state index contributed by atoms with van der Waals surface area (Å²) >= 11 is 0. The van der Waals surface area contributed by atoms with Crippen LogP contribution in [0.5, 0.6) is 0 Å². The van der Waals surface area contributed by atoms with Crippen LogP contribution in [0.15, 0.2) is 0 Å². The van der Waals surface area contributed by atoms with E-state index in [-0.39, 0.29) is 11.8 Å². The van der Waals surface area contributed by atoms with Gasteiger partial charge in [0.2, 0.25) is 5.91 Å². The molecule has 1 aliphatic carbocycles. The molecule has 1 aliphatic heterocycles. The molecule has 96 valence electrons. The first kappa shape index (κ1) is 12.6. The third-order valence-corrected chi connectivity index (χ3v) is 3.95. The quantitative estimate of drug-likeness (QED) is 0.793. The van der Waals surface area contributed by atoms with Gasteiger partial charge in [-0.05, 0) is 39.2 Å². The molecule has 17 heavy (non-hydrogen) atoms. The lowest BCUT2D eigenvalue weighted by molar-refractivity contribution is -0.125. The van der Waals surface area contributed by atoms with Gasteiger partial charge in [0.05, 0.1) is 6.54 Å². The summed E-state index contributed by atoms with van der Waals surface area (Å²) < 4.78 is 0. The van der Waals surface area contributed by atoms with Gasteiger partial charge < -0.3 is 5.32 Å². The molecule has 1 amide bonds. The molecule has 0 aromatic rings. The normalized spacial score (nSPS) is 29.8. The van der Waals surface area contributed by atoms with E-state index in [9.17, 15) is 9.59 Å². The molecular weight excluding hydrogens is 216 g/mol. The van der Waals surface area contributed by atoms with Crippen LogP contribution in [0.3, 0.4) is 0 Å². The molecule has 0 radical (unpaired) electrons. The van der Waals surface area contributed by atoms with Crippen molar-refractivity contribution in [1.82, 2.24) is 10.2 Å². The molecule has 0 spiro atoms. The smallest absolute Gasteiger partial charge is 0.234 e. The Morgan fingerprint density at radius 2 is 2.24 bits per heavy atom. The number of likely N-dealkylation sites (tertiary alicyclic amines) is 1. The Labute approximate surface area is 103 Å². The second-order valence-electron chi connectivity index (χ2n) is 5.10. The molecular formula is C13H22N2O2. The minimum Gasteiger partial charge on any atom is -0.355 e. The molecule has 2 fully saturated rings. The van der Waals surface area contributed by atoms with Crippen LogP contribution in [0, 0.1) is 5.92 Å². The van der Waals surface area contributed by atoms with Crippen LogP contribution in [-0.2, 0) is 9.59 Å². The van der Waals surface area contributed by atoms with Crippen molar-refractivity contribution in [3.05, 3.63) is 0 Å². The van der Waals surface area contributed by atoms with Crippen molar-refractivity contribution in [2.75, 3.05) is 19.6 Å². The number of nitrogens with zero attached hydrogens (tertiary/aromatic N) is 1. The summed E-state index contributed by atoms with van der Waals surface area (Å²) in [6, 6.07) is 0.326. The Hall–Kier alpha value is -0.900. The van der Waals surface area contributed by atoms with Crippen molar-refractivity contribution < 1.29 is 9.59 Å². The van der Waals surface area contributed by atoms with Crippen LogP contribution in [0.2, 0.25) is 0 Å². The number of rotatable bonds is 4. The zero-order valence-corrected chi connectivity index (χ0v) is 10.6. The minimum absolute atomic E-state index is 0.0878. The third-order valence-electron chi connectivity index (χ3n) is 3.95. The van der Waals surface area contributed by atoms with Crippen molar-refractivity contribution >= 4 is 11.7 Å². The molecule has 0 aromatic carbocycles. The van der Waals surface area contributed by atoms with E-state index in [0.717, 1.165) is 38.6 Å². The summed E-state index contributed by atoms with van der Waals surface area (Å²) in [6.45, 7) is 4.04. The zero-order valence-electron chi connectivity index (χ0n) is 10.6. The van der Waals surface area contributed by atoms with Gasteiger partial charge >= 0.3 is 0 Å². The van der Waals surface area contributed by atoms with Gasteiger partial charge in [-0.25, -0.2) is 0 Å². The van der Waals surface area contributed by atoms with E-state index in [1.807, 2.05) is 6.92 Å². The lowest BCUT2D eigenvalue weighted by Crippen LogP contribution is -2.43. The largest absolute Gasteiger partial charge is 0.355 e. The minimum atomic E-state index is 0.0878. The van der Waals surface area contributed by atoms with Gasteiger partial charge in [0.1, 0.15) is 5.78 Å². The summed E-state index contributed by atoms with van der Waals surface area (Å²) in [5.41, 5.74) is 0. The van der Waals surface area contributed by atoms with Gasteiger partial charge in [0.15, 0.2) is 0 Å². The van der Waals surface area contributed by atoms with Crippen LogP contribution >= 0.6 is 0 Å². The fourth-order valence-electron chi connectivity index (χ4n) is 3.19. The maximum absolute atomic E-state index is 11.8. The number of Topliss-reactive ketones (excluding diaryl/α,β-unsaturated/α-hetero) is 1. The number of likely N-dealkylation sites (N-methyl/N-ethyl adjacent to an activating group) is 1. The average Bonchev–Trinajstić information content (AvgIpc) is 2.87. The molecule has 0 aromatic heterocycles. The highest BCUT2D eigenvalue weighted by atomic mass is 16.2. The first-order valence-corrected chi connectivity index (χ1v) is 6.76. The SMILES string of the molecule is CCNC(=O)CN1CCCC1C1CCCC1=O. The van der Waals surface area contributed by atoms with Crippen molar-refractivity contribution in [3.63, 3.8) is 0 Å². The van der Waals surface area contributed by atoms with E-state index in [0.29, 0.717) is 24.9 Å². The number of carbonyl (C=O) groups is 2. The topological polar surface area (TPSA) is 49.4 Å². The van der Waals surface area contributed by atoms with Gasteiger partial charge in [-0.2, -0.15) is 0 Å². The molecule has 2 aliphatic rings. The predicted molar refractivity (Wildman–Crippen MR) is 65.6 cm³/mol. The zero-order chi connectivity index (χ0) is 12.3. The van der Waals surface area contributed by atoms with E-state index >= 15 is 0 Å². The molecule has 4 nitrogen and oxygen atoms in total. The Morgan fingerprint density at radius 3 is 2.88 bits per heavy atom. The molecule has 1 heterocycles. The Morgan fingerprint density at radius 1 is 1.41 bits per heavy atom. The number of nitrogens with one attached hydrogen (secondary N) is 1. The highest BCUT2D eigenvalue weighted by molar-refractivity contribution is 5.84. The standard InChI is InChI=1S/C13H22N2O2/c1-2-14-13(17)9-15-8-4-6-11(15)10-5-3-7-12(10)16/h10-11H,2-9H2,1H3,(H,14,17). The Kier molecular flexibility index (Phi) is 4.15. The predicted octanol–water partition coefficient (Wildman–Crippen LogP) is 0.956. The molecule has 1 saturated heterocycles. The van der Waals surface area contributed by atoms with Crippen LogP contribution in [-0.4, -0.2) is 42.3 Å². The maximum Gasteiger partial charge on any atom is 0.234 e. The van der Waals surface area contributed by atoms with Gasteiger partial charge in [0.25, 0.3) is 0 Å². The van der Waals surface area contributed by atoms with Crippen molar-refractivity contribution in [2.24, 2.45) is 5.92 Å². The fourth-order valence-corrected chi connectivity index (χ4v) is 3.19. The summed E-state index contributed by atoms with van der Waals surface area (Å²) in [5, 5.41) is 2.83. The van der Waals surface area contributed by atoms with Gasteiger partial charge in [-0.15, -0.1) is 0 Å². The number of hydrogen-bond acceptors (Lipinski definition) is 3. The van der Waals surface area contributed by atoms with Gasteiger partial charge in [0, 0.05) is 24.9 Å². The van der Waals surface area contributed by atoms with Crippen LogP contribution in [0.1, 0.15) is 39.0 Å². The summed E-state index contributed by atoms with van der Waals surface area (Å²) in [5.74, 6) is 0.703. The van der Waals surface area contributed by atoms with Gasteiger partial charge in [-0.3, -0.25) is 14.5 Å². The monoisotopic (exact) mass is 238 g/mol. The Bertz CT molecular complexity index is 304.